The van der Waals surface area contributed by atoms with Crippen LogP contribution in [0.2, 0.25) is 0 Å². The molecule has 2 saturated heterocycles. The number of hydrogen-bond acceptors (Lipinski definition) is 2. The van der Waals surface area contributed by atoms with Crippen molar-refractivity contribution in [1.29, 1.82) is 0 Å². The summed E-state index contributed by atoms with van der Waals surface area (Å²) in [6.45, 7) is 0. The normalized spacial score (nSPS) is 25.4. The van der Waals surface area contributed by atoms with Crippen molar-refractivity contribution >= 4 is 17.7 Å². The average molecular weight is 352 g/mol. The first kappa shape index (κ1) is 16.7. The van der Waals surface area contributed by atoms with E-state index in [2.05, 4.69) is 35.4 Å². The van der Waals surface area contributed by atoms with E-state index < -0.39 is 0 Å². The molecule has 2 aromatic carbocycles. The highest BCUT2D eigenvalue weighted by Gasteiger charge is 2.45. The van der Waals surface area contributed by atoms with Crippen LogP contribution in [0.4, 0.5) is 0 Å². The van der Waals surface area contributed by atoms with Gasteiger partial charge in [0.25, 0.3) is 0 Å². The summed E-state index contributed by atoms with van der Waals surface area (Å²) in [7, 11) is 0. The predicted octanol–water partition coefficient (Wildman–Crippen LogP) is 4.70. The van der Waals surface area contributed by atoms with Crippen molar-refractivity contribution in [2.45, 2.75) is 48.9 Å². The lowest BCUT2D eigenvalue weighted by Crippen LogP contribution is -2.49. The molecule has 0 aromatic heterocycles. The number of rotatable bonds is 4. The first-order valence-electron chi connectivity index (χ1n) is 9.22. The number of benzene rings is 2. The summed E-state index contributed by atoms with van der Waals surface area (Å²) < 4.78 is 0. The summed E-state index contributed by atoms with van der Waals surface area (Å²) in [5.41, 5.74) is 2.20. The number of fused-ring (bicyclic) bond motifs is 2. The minimum Gasteiger partial charge on any atom is -0.336 e. The van der Waals surface area contributed by atoms with Crippen LogP contribution in [-0.2, 0) is 4.79 Å². The minimum absolute atomic E-state index is 0.184. The molecule has 2 aliphatic heterocycles. The predicted molar refractivity (Wildman–Crippen MR) is 105 cm³/mol. The van der Waals surface area contributed by atoms with Crippen LogP contribution in [0.1, 0.15) is 42.7 Å². The van der Waals surface area contributed by atoms with Gasteiger partial charge >= 0.3 is 0 Å². The Morgan fingerprint density at radius 2 is 1.40 bits per heavy atom. The molecule has 130 valence electrons. The van der Waals surface area contributed by atoms with Gasteiger partial charge < -0.3 is 4.90 Å². The van der Waals surface area contributed by atoms with Crippen molar-refractivity contribution in [2.24, 2.45) is 0 Å². The average Bonchev–Trinajstić information content (AvgIpc) is 2.93. The summed E-state index contributed by atoms with van der Waals surface area (Å²) in [5, 5.41) is 0.716. The van der Waals surface area contributed by atoms with E-state index in [0.717, 1.165) is 24.0 Å². The Kier molecular flexibility index (Phi) is 4.85. The number of thioether (sulfide) groups is 1. The fraction of sp³-hybridized carbons (Fsp3) is 0.409. The second-order valence-corrected chi connectivity index (χ2v) is 8.35. The first-order valence-corrected chi connectivity index (χ1v) is 10.5. The zero-order valence-electron chi connectivity index (χ0n) is 14.7. The van der Waals surface area contributed by atoms with Crippen molar-refractivity contribution in [3.8, 4) is 0 Å². The van der Waals surface area contributed by atoms with Crippen molar-refractivity contribution in [3.05, 3.63) is 71.8 Å². The third-order valence-electron chi connectivity index (χ3n) is 5.79. The molecule has 2 aromatic rings. The number of piperidine rings is 1. The molecule has 2 nitrogen and oxygen atoms in total. The molecule has 0 saturated carbocycles. The van der Waals surface area contributed by atoms with Crippen LogP contribution >= 0.6 is 11.8 Å². The maximum Gasteiger partial charge on any atom is 0.235 e. The Balaban J connectivity index is 1.68. The molecule has 1 unspecified atom stereocenters. The van der Waals surface area contributed by atoms with Crippen molar-refractivity contribution in [3.63, 3.8) is 0 Å². The number of carbonyl (C=O) groups excluding carboxylic acids is 1. The summed E-state index contributed by atoms with van der Waals surface area (Å²) in [5.74, 6) is 0.112. The lowest BCUT2D eigenvalue weighted by atomic mass is 9.88. The van der Waals surface area contributed by atoms with Gasteiger partial charge in [-0.1, -0.05) is 60.7 Å². The lowest BCUT2D eigenvalue weighted by Gasteiger charge is -2.40. The van der Waals surface area contributed by atoms with Gasteiger partial charge in [0.15, 0.2) is 0 Å². The molecular formula is C22H25NOS. The van der Waals surface area contributed by atoms with Gasteiger partial charge in [0.2, 0.25) is 5.91 Å². The molecule has 1 amide bonds. The van der Waals surface area contributed by atoms with Gasteiger partial charge in [-0.15, -0.1) is 0 Å². The van der Waals surface area contributed by atoms with Crippen LogP contribution in [0.25, 0.3) is 0 Å². The minimum atomic E-state index is -0.184. The van der Waals surface area contributed by atoms with E-state index in [0.29, 0.717) is 23.2 Å². The number of hydrogen-bond donors (Lipinski definition) is 0. The van der Waals surface area contributed by atoms with Gasteiger partial charge in [-0.3, -0.25) is 4.79 Å². The molecule has 2 bridgehead atoms. The Hall–Kier alpha value is -1.74. The molecule has 25 heavy (non-hydrogen) atoms. The van der Waals surface area contributed by atoms with E-state index in [9.17, 15) is 4.79 Å². The second-order valence-electron chi connectivity index (χ2n) is 7.21. The standard InChI is InChI=1S/C22H25NOS/c1-25-20-14-18-12-13-19(15-20)23(18)22(24)21(16-8-4-2-5-9-16)17-10-6-3-7-11-17/h2-11,18-21H,12-15H2,1H3/t18-,19+,20?. The number of amides is 1. The second kappa shape index (κ2) is 7.25. The van der Waals surface area contributed by atoms with Gasteiger partial charge in [0, 0.05) is 17.3 Å². The molecule has 0 aliphatic carbocycles. The van der Waals surface area contributed by atoms with E-state index in [4.69, 9.17) is 0 Å². The largest absolute Gasteiger partial charge is 0.336 e. The molecule has 0 N–H and O–H groups in total. The summed E-state index contributed by atoms with van der Waals surface area (Å²) >= 11 is 1.97. The van der Waals surface area contributed by atoms with Gasteiger partial charge in [-0.25, -0.2) is 0 Å². The highest BCUT2D eigenvalue weighted by molar-refractivity contribution is 7.99. The molecule has 0 spiro atoms. The summed E-state index contributed by atoms with van der Waals surface area (Å²) in [6.07, 6.45) is 6.85. The number of carbonyl (C=O) groups is 1. The zero-order chi connectivity index (χ0) is 17.2. The van der Waals surface area contributed by atoms with E-state index in [1.165, 1.54) is 12.8 Å². The van der Waals surface area contributed by atoms with E-state index in [-0.39, 0.29) is 5.92 Å². The summed E-state index contributed by atoms with van der Waals surface area (Å²) in [6, 6.07) is 21.4. The Labute approximate surface area is 154 Å². The van der Waals surface area contributed by atoms with Crippen LogP contribution in [0.15, 0.2) is 60.7 Å². The Bertz CT molecular complexity index is 664. The fourth-order valence-corrected chi connectivity index (χ4v) is 5.43. The maximum absolute atomic E-state index is 13.7. The van der Waals surface area contributed by atoms with Crippen molar-refractivity contribution < 1.29 is 4.79 Å². The molecule has 3 atom stereocenters. The van der Waals surface area contributed by atoms with Gasteiger partial charge in [0.05, 0.1) is 5.92 Å². The van der Waals surface area contributed by atoms with Crippen molar-refractivity contribution in [2.75, 3.05) is 6.26 Å². The monoisotopic (exact) mass is 351 g/mol. The SMILES string of the molecule is CSC1C[C@H]2CC[C@@H](C1)N2C(=O)C(c1ccccc1)c1ccccc1. The molecule has 3 heteroatoms. The Morgan fingerprint density at radius 3 is 1.84 bits per heavy atom. The van der Waals surface area contributed by atoms with E-state index in [1.807, 2.05) is 48.2 Å². The van der Waals surface area contributed by atoms with E-state index >= 15 is 0 Å². The zero-order valence-corrected chi connectivity index (χ0v) is 15.5. The lowest BCUT2D eigenvalue weighted by molar-refractivity contribution is -0.136. The highest BCUT2D eigenvalue weighted by Crippen LogP contribution is 2.42. The molecule has 2 heterocycles. The van der Waals surface area contributed by atoms with Crippen LogP contribution < -0.4 is 0 Å². The number of nitrogens with zero attached hydrogens (tertiary/aromatic N) is 1. The van der Waals surface area contributed by atoms with E-state index in [1.54, 1.807) is 0 Å². The third kappa shape index (κ3) is 3.22. The van der Waals surface area contributed by atoms with Crippen LogP contribution in [-0.4, -0.2) is 34.4 Å². The smallest absolute Gasteiger partial charge is 0.235 e. The molecular weight excluding hydrogens is 326 g/mol. The quantitative estimate of drug-likeness (QED) is 0.795. The Morgan fingerprint density at radius 1 is 0.920 bits per heavy atom. The van der Waals surface area contributed by atoms with Crippen LogP contribution in [0.3, 0.4) is 0 Å². The van der Waals surface area contributed by atoms with Gasteiger partial charge in [-0.2, -0.15) is 11.8 Å². The van der Waals surface area contributed by atoms with Crippen molar-refractivity contribution in [1.82, 2.24) is 4.90 Å². The fourth-order valence-electron chi connectivity index (χ4n) is 4.60. The van der Waals surface area contributed by atoms with Crippen LogP contribution in [0.5, 0.6) is 0 Å². The summed E-state index contributed by atoms with van der Waals surface area (Å²) in [4.78, 5) is 15.9. The molecule has 0 radical (unpaired) electrons. The molecule has 4 rings (SSSR count). The van der Waals surface area contributed by atoms with Gasteiger partial charge in [0.1, 0.15) is 0 Å². The molecule has 2 fully saturated rings. The van der Waals surface area contributed by atoms with Crippen LogP contribution in [0, 0.1) is 0 Å². The molecule has 2 aliphatic rings. The first-order chi connectivity index (χ1) is 12.3. The third-order valence-corrected chi connectivity index (χ3v) is 6.84. The van der Waals surface area contributed by atoms with Gasteiger partial charge in [-0.05, 0) is 43.1 Å². The topological polar surface area (TPSA) is 20.3 Å². The highest BCUT2D eigenvalue weighted by atomic mass is 32.2. The maximum atomic E-state index is 13.7.